The normalized spacial score (nSPS) is 26.9. The number of aryl methyl sites for hydroxylation is 1. The van der Waals surface area contributed by atoms with Crippen molar-refractivity contribution in [3.05, 3.63) is 75.9 Å². The summed E-state index contributed by atoms with van der Waals surface area (Å²) in [6.45, 7) is 29.3. The molecule has 0 radical (unpaired) electrons. The van der Waals surface area contributed by atoms with E-state index in [-0.39, 0.29) is 36.0 Å². The van der Waals surface area contributed by atoms with E-state index in [2.05, 4.69) is 116 Å². The van der Waals surface area contributed by atoms with Crippen molar-refractivity contribution in [1.82, 2.24) is 0 Å². The van der Waals surface area contributed by atoms with Crippen molar-refractivity contribution in [1.29, 1.82) is 0 Å². The fraction of sp³-hybridized carbons (Fsp3) is 0.738. The zero-order valence-electron chi connectivity index (χ0n) is 47.6. The van der Waals surface area contributed by atoms with E-state index in [1.165, 1.54) is 138 Å². The van der Waals surface area contributed by atoms with Crippen LogP contribution in [0.1, 0.15) is 242 Å². The highest BCUT2D eigenvalue weighted by atomic mass is 19.1. The molecule has 396 valence electrons. The molecule has 0 spiro atoms. The number of alkyl halides is 1. The average molecular weight is 970 g/mol. The molecule has 0 saturated heterocycles. The Bertz CT molecular complexity index is 1890. The predicted molar refractivity (Wildman–Crippen MR) is 297 cm³/mol. The van der Waals surface area contributed by atoms with Crippen LogP contribution < -0.4 is 0 Å². The second kappa shape index (κ2) is 30.8. The first kappa shape index (κ1) is 61.2. The molecular weight excluding hydrogens is 864 g/mol. The number of hydrogen-bond donors (Lipinski definition) is 0. The lowest BCUT2D eigenvalue weighted by molar-refractivity contribution is -0.151. The number of Topliss-reactive ketones (excluding diaryl/α,β-unsaturated/α-hetero) is 2. The summed E-state index contributed by atoms with van der Waals surface area (Å²) in [5, 5.41) is 0. The molecule has 4 nitrogen and oxygen atoms in total. The van der Waals surface area contributed by atoms with Gasteiger partial charge in [-0.15, -0.1) is 0 Å². The predicted octanol–water partition coefficient (Wildman–Crippen LogP) is 18.9. The minimum atomic E-state index is -0.801. The molecule has 0 heterocycles. The molecule has 1 aromatic rings. The highest BCUT2D eigenvalue weighted by Gasteiger charge is 2.58. The first-order chi connectivity index (χ1) is 33.3. The molecule has 0 N–H and O–H groups in total. The van der Waals surface area contributed by atoms with Crippen LogP contribution in [0, 0.1) is 65.1 Å². The molecule has 0 aliphatic heterocycles. The molecule has 9 unspecified atom stereocenters. The summed E-state index contributed by atoms with van der Waals surface area (Å²) in [7, 11) is 0. The summed E-state index contributed by atoms with van der Waals surface area (Å²) in [6, 6.07) is 8.65. The summed E-state index contributed by atoms with van der Waals surface area (Å²) in [4.78, 5) is 31.9. The molecule has 1 aromatic carbocycles. The Morgan fingerprint density at radius 3 is 2.13 bits per heavy atom. The van der Waals surface area contributed by atoms with Crippen LogP contribution in [0.4, 0.5) is 4.39 Å². The van der Waals surface area contributed by atoms with Crippen LogP contribution in [-0.4, -0.2) is 30.8 Å². The maximum Gasteiger partial charge on any atom is 0.309 e. The standard InChI is InChI=1S/C32H52.C14H16.C8H15FO.C8H14O3.C3H8/c1-22(2)8-6-7-9-26-13-15-29-28-14-12-27-21-24(20-23(3)25-10-11-25)16-18-32(27,5)30(28)17-19-31(26,29)4;1-11-7-3-5-9-13(11)14-10-6-4-8-12(14)2;1-3-4-5-7(2)8(10)6-9;1-4-6(2)8(10)11-5-7(3)9;1-3-2/h12,22,24,26,28-30H,6-11,13-21H2,1-5H3;3-5,7-9H,6,10H2,1-2H3;7H,3-6H2,1-2H3;6H,4-5H2,1-3H3;3H2,1-2H3. The Morgan fingerprint density at radius 1 is 0.829 bits per heavy atom. The van der Waals surface area contributed by atoms with Crippen molar-refractivity contribution in [3.63, 3.8) is 0 Å². The van der Waals surface area contributed by atoms with Gasteiger partial charge < -0.3 is 4.74 Å². The number of benzene rings is 1. The second-order valence-electron chi connectivity index (χ2n) is 23.8. The first-order valence-electron chi connectivity index (χ1n) is 28.8. The van der Waals surface area contributed by atoms with E-state index in [1.54, 1.807) is 31.4 Å². The van der Waals surface area contributed by atoms with E-state index in [0.717, 1.165) is 61.2 Å². The summed E-state index contributed by atoms with van der Waals surface area (Å²) in [5.41, 5.74) is 12.4. The van der Waals surface area contributed by atoms with Crippen LogP contribution >= 0.6 is 0 Å². The van der Waals surface area contributed by atoms with Crippen molar-refractivity contribution in [3.8, 4) is 0 Å². The number of esters is 1. The number of ketones is 2. The van der Waals surface area contributed by atoms with E-state index in [1.807, 2.05) is 12.5 Å². The quantitative estimate of drug-likeness (QED) is 0.0887. The number of allylic oxidation sites excluding steroid dienone is 8. The lowest BCUT2D eigenvalue weighted by atomic mass is 9.46. The molecule has 70 heavy (non-hydrogen) atoms. The summed E-state index contributed by atoms with van der Waals surface area (Å²) in [5.74, 6) is 5.00. The zero-order chi connectivity index (χ0) is 52.0. The van der Waals surface area contributed by atoms with Gasteiger partial charge in [0.2, 0.25) is 0 Å². The van der Waals surface area contributed by atoms with Gasteiger partial charge in [-0.05, 0) is 199 Å². The fourth-order valence-corrected chi connectivity index (χ4v) is 12.8. The average Bonchev–Trinajstić information content (AvgIpc) is 4.14. The number of carbonyl (C=O) groups excluding carboxylic acids is 3. The molecule has 7 rings (SSSR count). The van der Waals surface area contributed by atoms with Crippen LogP contribution in [0.15, 0.2) is 64.8 Å². The van der Waals surface area contributed by atoms with E-state index >= 15 is 0 Å². The Morgan fingerprint density at radius 2 is 1.53 bits per heavy atom. The lowest BCUT2D eigenvalue weighted by Gasteiger charge is -2.58. The van der Waals surface area contributed by atoms with Gasteiger partial charge in [-0.3, -0.25) is 14.4 Å². The molecular formula is C65H105FO4. The van der Waals surface area contributed by atoms with E-state index < -0.39 is 6.67 Å². The maximum atomic E-state index is 11.7. The summed E-state index contributed by atoms with van der Waals surface area (Å²) in [6.07, 6.45) is 36.7. The summed E-state index contributed by atoms with van der Waals surface area (Å²) >= 11 is 0. The van der Waals surface area contributed by atoms with Gasteiger partial charge in [-0.1, -0.05) is 167 Å². The third kappa shape index (κ3) is 18.4. The van der Waals surface area contributed by atoms with Gasteiger partial charge in [-0.25, -0.2) is 4.39 Å². The van der Waals surface area contributed by atoms with Crippen molar-refractivity contribution >= 4 is 23.1 Å². The molecule has 9 atom stereocenters. The molecule has 0 aromatic heterocycles. The summed E-state index contributed by atoms with van der Waals surface area (Å²) < 4.78 is 16.4. The Labute approximate surface area is 430 Å². The van der Waals surface area contributed by atoms with E-state index in [0.29, 0.717) is 10.8 Å². The molecule has 4 saturated carbocycles. The van der Waals surface area contributed by atoms with Crippen LogP contribution in [0.25, 0.3) is 5.57 Å². The monoisotopic (exact) mass is 969 g/mol. The van der Waals surface area contributed by atoms with E-state index in [4.69, 9.17) is 0 Å². The number of fused-ring (bicyclic) bond motifs is 5. The molecule has 6 aliphatic carbocycles. The highest BCUT2D eigenvalue weighted by molar-refractivity contribution is 5.81. The molecule has 6 aliphatic rings. The first-order valence-corrected chi connectivity index (χ1v) is 28.8. The SMILES string of the molecule is CC(CC1CCC2(C)C(=CCC3C2CCC2(C)C(CCCCC(C)C)CCC32)C1)=C1CC1.CC1=C(c2ccccc2C)CCC=C1.CCC.CCC(C)C(=O)OCC(C)=O.CCCCC(C)C(=O)CF. The van der Waals surface area contributed by atoms with Crippen molar-refractivity contribution in [2.24, 2.45) is 58.2 Å². The van der Waals surface area contributed by atoms with Crippen molar-refractivity contribution in [2.45, 2.75) is 238 Å². The third-order valence-corrected chi connectivity index (χ3v) is 17.7. The van der Waals surface area contributed by atoms with Gasteiger partial charge in [0.25, 0.3) is 0 Å². The lowest BCUT2D eigenvalue weighted by Crippen LogP contribution is -2.50. The number of ether oxygens (including phenoxy) is 1. The second-order valence-corrected chi connectivity index (χ2v) is 23.8. The van der Waals surface area contributed by atoms with Gasteiger partial charge in [0.15, 0.2) is 11.6 Å². The van der Waals surface area contributed by atoms with Crippen LogP contribution in [0.2, 0.25) is 0 Å². The van der Waals surface area contributed by atoms with Gasteiger partial charge >= 0.3 is 5.97 Å². The minimum absolute atomic E-state index is 0.0788. The fourth-order valence-electron chi connectivity index (χ4n) is 12.8. The van der Waals surface area contributed by atoms with Gasteiger partial charge in [0.05, 0.1) is 5.92 Å². The maximum absolute atomic E-state index is 11.7. The Hall–Kier alpha value is -3.08. The highest BCUT2D eigenvalue weighted by Crippen LogP contribution is 2.67. The number of unbranched alkanes of at least 4 members (excludes halogenated alkanes) is 2. The Balaban J connectivity index is 0.000000282. The number of hydrogen-bond acceptors (Lipinski definition) is 4. The largest absolute Gasteiger partial charge is 0.457 e. The van der Waals surface area contributed by atoms with Crippen LogP contribution in [-0.2, 0) is 19.1 Å². The smallest absolute Gasteiger partial charge is 0.309 e. The van der Waals surface area contributed by atoms with Gasteiger partial charge in [0.1, 0.15) is 13.3 Å². The zero-order valence-corrected chi connectivity index (χ0v) is 47.6. The molecule has 0 bridgehead atoms. The van der Waals surface area contributed by atoms with E-state index in [9.17, 15) is 18.8 Å². The molecule has 0 amide bonds. The van der Waals surface area contributed by atoms with Crippen molar-refractivity contribution in [2.75, 3.05) is 13.3 Å². The Kier molecular flexibility index (Phi) is 27.0. The molecule has 4 fully saturated rings. The number of rotatable bonds is 17. The van der Waals surface area contributed by atoms with Crippen LogP contribution in [0.3, 0.4) is 0 Å². The van der Waals surface area contributed by atoms with Crippen LogP contribution in [0.5, 0.6) is 0 Å². The van der Waals surface area contributed by atoms with Gasteiger partial charge in [-0.2, -0.15) is 0 Å². The minimum Gasteiger partial charge on any atom is -0.457 e. The van der Waals surface area contributed by atoms with Gasteiger partial charge in [0, 0.05) is 5.92 Å². The third-order valence-electron chi connectivity index (χ3n) is 17.7. The molecule has 5 heteroatoms. The number of carbonyl (C=O) groups is 3. The number of halogens is 1. The topological polar surface area (TPSA) is 60.4 Å². The van der Waals surface area contributed by atoms with Crippen molar-refractivity contribution < 1.29 is 23.5 Å².